The van der Waals surface area contributed by atoms with Crippen LogP contribution in [0.25, 0.3) is 0 Å². The molecule has 0 saturated carbocycles. The van der Waals surface area contributed by atoms with E-state index >= 15 is 0 Å². The van der Waals surface area contributed by atoms with Gasteiger partial charge in [0.15, 0.2) is 19.3 Å². The maximum Gasteiger partial charge on any atom is 0.175 e. The minimum atomic E-state index is -0.671. The number of rotatable bonds is 2. The molecule has 3 nitrogen and oxygen atoms in total. The van der Waals surface area contributed by atoms with Crippen LogP contribution in [0.4, 0.5) is 0 Å². The number of ether oxygens (including phenoxy) is 1. The highest BCUT2D eigenvalue weighted by atomic mass is 16.5. The molecule has 0 saturated heterocycles. The summed E-state index contributed by atoms with van der Waals surface area (Å²) in [5.41, 5.74) is 0.156. The molecule has 0 aromatic heterocycles. The van der Waals surface area contributed by atoms with Gasteiger partial charge < -0.3 is 14.6 Å². The third-order valence-corrected chi connectivity index (χ3v) is 1.80. The summed E-state index contributed by atoms with van der Waals surface area (Å²) in [5, 5.41) is 9.51. The summed E-state index contributed by atoms with van der Waals surface area (Å²) in [7, 11) is 6.46. The van der Waals surface area contributed by atoms with Crippen molar-refractivity contribution >= 4 is 13.5 Å². The van der Waals surface area contributed by atoms with E-state index in [-0.39, 0.29) is 17.1 Å². The van der Waals surface area contributed by atoms with Crippen molar-refractivity contribution in [1.82, 2.24) is 0 Å². The lowest BCUT2D eigenvalue weighted by Gasteiger charge is -2.09. The fourth-order valence-electron chi connectivity index (χ4n) is 1.13. The number of phenols is 1. The van der Waals surface area contributed by atoms with Crippen LogP contribution < -0.4 is 4.74 Å². The van der Waals surface area contributed by atoms with Gasteiger partial charge in [0.25, 0.3) is 0 Å². The molecule has 1 rings (SSSR count). The number of aromatic hydroxyl groups is 1. The summed E-state index contributed by atoms with van der Waals surface area (Å²) in [6.07, 6.45) is 0. The van der Waals surface area contributed by atoms with Gasteiger partial charge in [-0.05, 0) is 18.6 Å². The fourth-order valence-corrected chi connectivity index (χ4v) is 1.13. The Labute approximate surface area is 77.7 Å². The summed E-state index contributed by atoms with van der Waals surface area (Å²) in [4.78, 5) is 10.8. The summed E-state index contributed by atoms with van der Waals surface area (Å²) in [6, 6.07) is 3.13. The maximum atomic E-state index is 10.8. The molecule has 2 radical (unpaired) electrons. The lowest BCUT2D eigenvalue weighted by molar-refractivity contribution is 0.107. The van der Waals surface area contributed by atoms with Gasteiger partial charge in [-0.15, -0.1) is 0 Å². The van der Waals surface area contributed by atoms with Crippen LogP contribution in [-0.2, 0) is 0 Å². The zero-order valence-electron chi connectivity index (χ0n) is 7.50. The SMILES string of the molecule is [B]C(=O)c1ccc(C)c(OC)c1O. The van der Waals surface area contributed by atoms with E-state index in [0.717, 1.165) is 5.56 Å². The molecule has 13 heavy (non-hydrogen) atoms. The highest BCUT2D eigenvalue weighted by Crippen LogP contribution is 2.32. The van der Waals surface area contributed by atoms with Gasteiger partial charge >= 0.3 is 0 Å². The first kappa shape index (κ1) is 9.64. The lowest BCUT2D eigenvalue weighted by atomic mass is 9.93. The minimum absolute atomic E-state index is 0.0717. The number of aryl methyl sites for hydroxylation is 1. The summed E-state index contributed by atoms with van der Waals surface area (Å²) in [5.74, 6) is 0.0892. The number of carbonyl (C=O) groups excluding carboxylic acids is 1. The van der Waals surface area contributed by atoms with E-state index in [1.807, 2.05) is 0 Å². The number of methoxy groups -OCH3 is 1. The van der Waals surface area contributed by atoms with Crippen molar-refractivity contribution in [3.8, 4) is 11.5 Å². The Morgan fingerprint density at radius 2 is 2.15 bits per heavy atom. The van der Waals surface area contributed by atoms with Gasteiger partial charge in [0.05, 0.1) is 12.7 Å². The summed E-state index contributed by atoms with van der Waals surface area (Å²) in [6.45, 7) is 1.77. The second kappa shape index (κ2) is 3.52. The smallest absolute Gasteiger partial charge is 0.175 e. The van der Waals surface area contributed by atoms with E-state index < -0.39 is 5.68 Å². The van der Waals surface area contributed by atoms with Crippen molar-refractivity contribution in [1.29, 1.82) is 0 Å². The molecule has 0 unspecified atom stereocenters. The number of hydrogen-bond acceptors (Lipinski definition) is 3. The molecule has 0 heterocycles. The molecule has 1 aromatic rings. The third-order valence-electron chi connectivity index (χ3n) is 1.80. The average Bonchev–Trinajstić information content (AvgIpc) is 2.04. The normalized spacial score (nSPS) is 9.69. The molecule has 0 amide bonds. The van der Waals surface area contributed by atoms with Gasteiger partial charge in [0, 0.05) is 0 Å². The van der Waals surface area contributed by atoms with Crippen LogP contribution in [0.3, 0.4) is 0 Å². The Hall–Kier alpha value is -1.45. The number of carbonyl (C=O) groups is 1. The first-order valence-corrected chi connectivity index (χ1v) is 3.74. The predicted octanol–water partition coefficient (Wildman–Crippen LogP) is 1.02. The Kier molecular flexibility index (Phi) is 2.61. The van der Waals surface area contributed by atoms with Crippen LogP contribution in [0.1, 0.15) is 15.9 Å². The van der Waals surface area contributed by atoms with Gasteiger partial charge in [-0.25, -0.2) is 0 Å². The highest BCUT2D eigenvalue weighted by Gasteiger charge is 2.12. The molecule has 0 fully saturated rings. The molecule has 66 valence electrons. The molecule has 4 heteroatoms. The van der Waals surface area contributed by atoms with Gasteiger partial charge in [-0.1, -0.05) is 6.07 Å². The standard InChI is InChI=1S/C9H9BO3/c1-5-3-4-6(9(10)12)7(11)8(5)13-2/h3-4,11H,1-2H3. The van der Waals surface area contributed by atoms with Crippen LogP contribution in [0.5, 0.6) is 11.5 Å². The number of benzene rings is 1. The molecule has 0 aliphatic rings. The van der Waals surface area contributed by atoms with Crippen LogP contribution >= 0.6 is 0 Å². The highest BCUT2D eigenvalue weighted by molar-refractivity contribution is 6.62. The molecule has 0 aliphatic heterocycles. The molecule has 1 N–H and O–H groups in total. The van der Waals surface area contributed by atoms with Crippen molar-refractivity contribution in [2.75, 3.05) is 7.11 Å². The average molecular weight is 176 g/mol. The van der Waals surface area contributed by atoms with Crippen molar-refractivity contribution < 1.29 is 14.6 Å². The zero-order valence-corrected chi connectivity index (χ0v) is 7.50. The Balaban J connectivity index is 3.35. The lowest BCUT2D eigenvalue weighted by Crippen LogP contribution is -2.00. The molecule has 0 spiro atoms. The molecular formula is C9H9BO3. The van der Waals surface area contributed by atoms with E-state index in [1.54, 1.807) is 13.0 Å². The van der Waals surface area contributed by atoms with Crippen molar-refractivity contribution in [2.24, 2.45) is 0 Å². The molecular weight excluding hydrogens is 167 g/mol. The minimum Gasteiger partial charge on any atom is -0.504 e. The van der Waals surface area contributed by atoms with Gasteiger partial charge in [-0.2, -0.15) is 0 Å². The number of phenolic OH excluding ortho intramolecular Hbond substituents is 1. The molecule has 0 aliphatic carbocycles. The quantitative estimate of drug-likeness (QED) is 0.684. The maximum absolute atomic E-state index is 10.8. The Bertz CT molecular complexity index is 347. The second-order valence-electron chi connectivity index (χ2n) is 2.68. The molecule has 1 aromatic carbocycles. The van der Waals surface area contributed by atoms with Crippen LogP contribution in [0, 0.1) is 6.92 Å². The molecule has 0 atom stereocenters. The Morgan fingerprint density at radius 3 is 2.62 bits per heavy atom. The van der Waals surface area contributed by atoms with E-state index in [9.17, 15) is 9.90 Å². The Morgan fingerprint density at radius 1 is 1.54 bits per heavy atom. The van der Waals surface area contributed by atoms with E-state index in [1.165, 1.54) is 13.2 Å². The zero-order chi connectivity index (χ0) is 10.0. The van der Waals surface area contributed by atoms with Crippen LogP contribution in [-0.4, -0.2) is 25.7 Å². The van der Waals surface area contributed by atoms with Crippen LogP contribution in [0.15, 0.2) is 12.1 Å². The third kappa shape index (κ3) is 1.66. The van der Waals surface area contributed by atoms with Gasteiger partial charge in [-0.3, -0.25) is 0 Å². The summed E-state index contributed by atoms with van der Waals surface area (Å²) < 4.78 is 4.91. The second-order valence-corrected chi connectivity index (χ2v) is 2.68. The van der Waals surface area contributed by atoms with Crippen LogP contribution in [0.2, 0.25) is 0 Å². The molecule has 0 bridgehead atoms. The van der Waals surface area contributed by atoms with E-state index in [2.05, 4.69) is 0 Å². The van der Waals surface area contributed by atoms with E-state index in [4.69, 9.17) is 12.6 Å². The van der Waals surface area contributed by atoms with Gasteiger partial charge in [0.2, 0.25) is 0 Å². The van der Waals surface area contributed by atoms with Gasteiger partial charge in [0.1, 0.15) is 5.68 Å². The largest absolute Gasteiger partial charge is 0.504 e. The monoisotopic (exact) mass is 176 g/mol. The van der Waals surface area contributed by atoms with Crippen molar-refractivity contribution in [2.45, 2.75) is 6.92 Å². The fraction of sp³-hybridized carbons (Fsp3) is 0.222. The van der Waals surface area contributed by atoms with E-state index in [0.29, 0.717) is 0 Å². The first-order chi connectivity index (χ1) is 6.07. The summed E-state index contributed by atoms with van der Waals surface area (Å²) >= 11 is 0. The van der Waals surface area contributed by atoms with Crippen molar-refractivity contribution in [3.05, 3.63) is 23.3 Å². The van der Waals surface area contributed by atoms with Crippen molar-refractivity contribution in [3.63, 3.8) is 0 Å². The topological polar surface area (TPSA) is 46.5 Å². The number of hydrogen-bond donors (Lipinski definition) is 1. The predicted molar refractivity (Wildman–Crippen MR) is 49.5 cm³/mol. The first-order valence-electron chi connectivity index (χ1n) is 3.74.